The van der Waals surface area contributed by atoms with Gasteiger partial charge in [0.1, 0.15) is 11.6 Å². The van der Waals surface area contributed by atoms with Crippen molar-refractivity contribution in [2.45, 2.75) is 19.9 Å². The second-order valence-corrected chi connectivity index (χ2v) is 4.54. The van der Waals surface area contributed by atoms with Crippen molar-refractivity contribution in [1.82, 2.24) is 5.32 Å². The van der Waals surface area contributed by atoms with Gasteiger partial charge in [-0.25, -0.2) is 8.78 Å². The Labute approximate surface area is 105 Å². The molecule has 0 radical (unpaired) electrons. The second kappa shape index (κ2) is 5.91. The van der Waals surface area contributed by atoms with Crippen LogP contribution in [0.25, 0.3) is 0 Å². The Morgan fingerprint density at radius 3 is 2.33 bits per heavy atom. The third-order valence-corrected chi connectivity index (χ3v) is 2.97. The molecule has 0 spiro atoms. The van der Waals surface area contributed by atoms with Crippen molar-refractivity contribution in [1.29, 1.82) is 0 Å². The van der Waals surface area contributed by atoms with E-state index in [-0.39, 0.29) is 11.5 Å². The van der Waals surface area contributed by atoms with Crippen molar-refractivity contribution >= 4 is 5.97 Å². The number of hydrogen-bond donors (Lipinski definition) is 2. The van der Waals surface area contributed by atoms with E-state index < -0.39 is 29.6 Å². The van der Waals surface area contributed by atoms with Crippen LogP contribution in [0.1, 0.15) is 25.5 Å². The molecule has 0 aliphatic rings. The third kappa shape index (κ3) is 3.04. The number of carboxylic acids is 1. The van der Waals surface area contributed by atoms with Gasteiger partial charge in [-0.3, -0.25) is 4.79 Å². The van der Waals surface area contributed by atoms with Crippen molar-refractivity contribution in [2.75, 3.05) is 7.05 Å². The maximum atomic E-state index is 13.7. The largest absolute Gasteiger partial charge is 0.481 e. The molecule has 0 bridgehead atoms. The lowest BCUT2D eigenvalue weighted by Gasteiger charge is -2.27. The molecule has 5 heteroatoms. The molecule has 0 aliphatic carbocycles. The van der Waals surface area contributed by atoms with Crippen LogP contribution in [-0.4, -0.2) is 18.1 Å². The molecule has 18 heavy (non-hydrogen) atoms. The number of aliphatic carboxylic acids is 1. The van der Waals surface area contributed by atoms with Crippen LogP contribution in [0.15, 0.2) is 18.2 Å². The Hall–Kier alpha value is -1.49. The van der Waals surface area contributed by atoms with E-state index >= 15 is 0 Å². The Balaban J connectivity index is 3.19. The maximum Gasteiger partial charge on any atom is 0.308 e. The highest BCUT2D eigenvalue weighted by Gasteiger charge is 2.32. The average Bonchev–Trinajstić information content (AvgIpc) is 2.25. The normalized spacial score (nSPS) is 14.6. The first kappa shape index (κ1) is 14.6. The van der Waals surface area contributed by atoms with Crippen molar-refractivity contribution in [3.63, 3.8) is 0 Å². The van der Waals surface area contributed by atoms with Crippen LogP contribution >= 0.6 is 0 Å². The van der Waals surface area contributed by atoms with Crippen molar-refractivity contribution in [3.05, 3.63) is 35.4 Å². The third-order valence-electron chi connectivity index (χ3n) is 2.97. The molecule has 3 nitrogen and oxygen atoms in total. The fourth-order valence-corrected chi connectivity index (χ4v) is 2.09. The number of benzene rings is 1. The zero-order valence-electron chi connectivity index (χ0n) is 10.6. The first-order valence-electron chi connectivity index (χ1n) is 5.73. The van der Waals surface area contributed by atoms with Crippen LogP contribution in [0.4, 0.5) is 8.78 Å². The van der Waals surface area contributed by atoms with Crippen LogP contribution in [0.2, 0.25) is 0 Å². The zero-order chi connectivity index (χ0) is 13.9. The van der Waals surface area contributed by atoms with E-state index in [4.69, 9.17) is 0 Å². The van der Waals surface area contributed by atoms with E-state index in [1.165, 1.54) is 6.07 Å². The van der Waals surface area contributed by atoms with E-state index in [0.717, 1.165) is 12.1 Å². The number of halogens is 2. The summed E-state index contributed by atoms with van der Waals surface area (Å²) in [5.41, 5.74) is 0.167. The van der Waals surface area contributed by atoms with Gasteiger partial charge in [0, 0.05) is 17.7 Å². The van der Waals surface area contributed by atoms with E-state index in [1.54, 1.807) is 20.9 Å². The SMILES string of the molecule is CNC(c1ccc(F)cc1F)C(C(=O)O)C(C)C. The van der Waals surface area contributed by atoms with E-state index in [0.29, 0.717) is 0 Å². The molecule has 0 aliphatic heterocycles. The zero-order valence-corrected chi connectivity index (χ0v) is 10.6. The number of nitrogens with one attached hydrogen (secondary N) is 1. The number of carboxylic acid groups (broad SMARTS) is 1. The minimum absolute atomic E-state index is 0.167. The second-order valence-electron chi connectivity index (χ2n) is 4.54. The Morgan fingerprint density at radius 1 is 1.33 bits per heavy atom. The predicted molar refractivity (Wildman–Crippen MR) is 64.1 cm³/mol. The Kier molecular flexibility index (Phi) is 4.78. The van der Waals surface area contributed by atoms with Crippen LogP contribution in [0, 0.1) is 23.5 Å². The summed E-state index contributed by atoms with van der Waals surface area (Å²) in [6.07, 6.45) is 0. The molecule has 1 rings (SSSR count). The van der Waals surface area contributed by atoms with E-state index in [1.807, 2.05) is 0 Å². The van der Waals surface area contributed by atoms with Gasteiger partial charge in [-0.2, -0.15) is 0 Å². The first-order valence-corrected chi connectivity index (χ1v) is 5.73. The number of carbonyl (C=O) groups is 1. The highest BCUT2D eigenvalue weighted by Crippen LogP contribution is 2.30. The number of rotatable bonds is 5. The summed E-state index contributed by atoms with van der Waals surface area (Å²) in [5.74, 6) is -3.38. The molecule has 0 amide bonds. The molecule has 1 aromatic carbocycles. The van der Waals surface area contributed by atoms with Crippen molar-refractivity contribution < 1.29 is 18.7 Å². The Bertz CT molecular complexity index is 435. The standard InChI is InChI=1S/C13H17F2NO2/c1-7(2)11(13(17)18)12(16-3)9-5-4-8(14)6-10(9)15/h4-7,11-12,16H,1-3H3,(H,17,18). The molecular weight excluding hydrogens is 240 g/mol. The van der Waals surface area contributed by atoms with E-state index in [9.17, 15) is 18.7 Å². The first-order chi connectivity index (χ1) is 8.38. The lowest BCUT2D eigenvalue weighted by Crippen LogP contribution is -2.34. The number of hydrogen-bond acceptors (Lipinski definition) is 2. The van der Waals surface area contributed by atoms with Crippen LogP contribution in [0.5, 0.6) is 0 Å². The van der Waals surface area contributed by atoms with Gasteiger partial charge in [-0.05, 0) is 19.0 Å². The van der Waals surface area contributed by atoms with Crippen LogP contribution in [-0.2, 0) is 4.79 Å². The van der Waals surface area contributed by atoms with Gasteiger partial charge < -0.3 is 10.4 Å². The maximum absolute atomic E-state index is 13.7. The van der Waals surface area contributed by atoms with Gasteiger partial charge in [0.25, 0.3) is 0 Å². The van der Waals surface area contributed by atoms with E-state index in [2.05, 4.69) is 5.32 Å². The lowest BCUT2D eigenvalue weighted by molar-refractivity contribution is -0.144. The van der Waals surface area contributed by atoms with Gasteiger partial charge in [-0.1, -0.05) is 19.9 Å². The Morgan fingerprint density at radius 2 is 1.94 bits per heavy atom. The summed E-state index contributed by atoms with van der Waals surface area (Å²) in [5, 5.41) is 12.0. The molecule has 0 saturated carbocycles. The molecule has 2 N–H and O–H groups in total. The monoisotopic (exact) mass is 257 g/mol. The van der Waals surface area contributed by atoms with Gasteiger partial charge in [0.2, 0.25) is 0 Å². The van der Waals surface area contributed by atoms with Crippen molar-refractivity contribution in [2.24, 2.45) is 11.8 Å². The predicted octanol–water partition coefficient (Wildman–Crippen LogP) is 2.58. The van der Waals surface area contributed by atoms with Crippen molar-refractivity contribution in [3.8, 4) is 0 Å². The minimum atomic E-state index is -1.01. The van der Waals surface area contributed by atoms with Gasteiger partial charge >= 0.3 is 5.97 Å². The topological polar surface area (TPSA) is 49.3 Å². The molecule has 0 heterocycles. The lowest BCUT2D eigenvalue weighted by atomic mass is 9.84. The smallest absolute Gasteiger partial charge is 0.308 e. The highest BCUT2D eigenvalue weighted by molar-refractivity contribution is 5.71. The molecule has 2 atom stereocenters. The fraction of sp³-hybridized carbons (Fsp3) is 0.462. The van der Waals surface area contributed by atoms with Crippen LogP contribution in [0.3, 0.4) is 0 Å². The molecule has 0 saturated heterocycles. The summed E-state index contributed by atoms with van der Waals surface area (Å²) in [6.45, 7) is 3.51. The molecular formula is C13H17F2NO2. The summed E-state index contributed by atoms with van der Waals surface area (Å²) < 4.78 is 26.6. The molecule has 0 fully saturated rings. The van der Waals surface area contributed by atoms with Gasteiger partial charge in [0.15, 0.2) is 0 Å². The van der Waals surface area contributed by atoms with Gasteiger partial charge in [-0.15, -0.1) is 0 Å². The quantitative estimate of drug-likeness (QED) is 0.852. The van der Waals surface area contributed by atoms with Gasteiger partial charge in [0.05, 0.1) is 5.92 Å². The summed E-state index contributed by atoms with van der Waals surface area (Å²) in [6, 6.07) is 2.48. The molecule has 0 aromatic heterocycles. The molecule has 2 unspecified atom stereocenters. The average molecular weight is 257 g/mol. The highest BCUT2D eigenvalue weighted by atomic mass is 19.1. The molecule has 100 valence electrons. The summed E-state index contributed by atoms with van der Waals surface area (Å²) >= 11 is 0. The summed E-state index contributed by atoms with van der Waals surface area (Å²) in [4.78, 5) is 11.3. The summed E-state index contributed by atoms with van der Waals surface area (Å²) in [7, 11) is 1.56. The molecule has 1 aromatic rings. The van der Waals surface area contributed by atoms with Crippen LogP contribution < -0.4 is 5.32 Å². The minimum Gasteiger partial charge on any atom is -0.481 e. The fourth-order valence-electron chi connectivity index (χ4n) is 2.09.